The van der Waals surface area contributed by atoms with E-state index in [1.165, 1.54) is 0 Å². The van der Waals surface area contributed by atoms with Crippen LogP contribution in [0.5, 0.6) is 5.75 Å². The Morgan fingerprint density at radius 3 is 2.64 bits per heavy atom. The van der Waals surface area contributed by atoms with Crippen LogP contribution in [0, 0.1) is 0 Å². The molecule has 0 spiro atoms. The molecule has 0 aliphatic carbocycles. The van der Waals surface area contributed by atoms with E-state index in [1.807, 2.05) is 64.5 Å². The first-order valence-electron chi connectivity index (χ1n) is 11.1. The van der Waals surface area contributed by atoms with Crippen LogP contribution >= 0.6 is 0 Å². The second kappa shape index (κ2) is 8.75. The molecular weight excluding hydrogens is 418 g/mol. The van der Waals surface area contributed by atoms with Crippen molar-refractivity contribution in [1.82, 2.24) is 14.8 Å². The monoisotopic (exact) mass is 445 g/mol. The number of amides is 2. The van der Waals surface area contributed by atoms with E-state index < -0.39 is 6.10 Å². The molecule has 0 radical (unpaired) electrons. The van der Waals surface area contributed by atoms with Crippen LogP contribution in [-0.4, -0.2) is 66.1 Å². The number of hydrogen-bond acceptors (Lipinski definition) is 4. The van der Waals surface area contributed by atoms with Gasteiger partial charge in [0.15, 0.2) is 6.10 Å². The highest BCUT2D eigenvalue weighted by Crippen LogP contribution is 2.34. The van der Waals surface area contributed by atoms with Gasteiger partial charge in [-0.3, -0.25) is 9.59 Å². The summed E-state index contributed by atoms with van der Waals surface area (Å²) in [6.45, 7) is 1.66. The zero-order valence-electron chi connectivity index (χ0n) is 18.8. The fourth-order valence-electron chi connectivity index (χ4n) is 4.75. The molecule has 0 bridgehead atoms. The highest BCUT2D eigenvalue weighted by atomic mass is 16.5. The molecule has 33 heavy (non-hydrogen) atoms. The van der Waals surface area contributed by atoms with Crippen molar-refractivity contribution in [2.75, 3.05) is 27.3 Å². The zero-order valence-corrected chi connectivity index (χ0v) is 18.8. The molecule has 0 unspecified atom stereocenters. The highest BCUT2D eigenvalue weighted by molar-refractivity contribution is 5.98. The number of benzene rings is 2. The number of nitrogens with one attached hydrogen (secondary N) is 1. The summed E-state index contributed by atoms with van der Waals surface area (Å²) in [7, 11) is 3.21. The molecule has 2 aliphatic heterocycles. The van der Waals surface area contributed by atoms with E-state index in [0.717, 1.165) is 34.2 Å². The minimum absolute atomic E-state index is 0.00229. The largest absolute Gasteiger partial charge is 0.497 e. The van der Waals surface area contributed by atoms with Crippen molar-refractivity contribution in [3.05, 3.63) is 77.5 Å². The van der Waals surface area contributed by atoms with Gasteiger partial charge < -0.3 is 24.3 Å². The number of aromatic nitrogens is 1. The van der Waals surface area contributed by atoms with Gasteiger partial charge in [-0.05, 0) is 54.0 Å². The standard InChI is InChI=1S/C26H27N3O4/c1-32-21-6-3-17(4-7-21)16-29-23(24(33-2)26(29)31)18-10-13-28(14-11-18)25(30)20-5-8-22-19(15-20)9-12-27-22/h3-10,12,15,23-24,27H,11,13-14,16H2,1-2H3/t23-,24+/m0/s1. The van der Waals surface area contributed by atoms with Crippen LogP contribution in [-0.2, 0) is 16.1 Å². The van der Waals surface area contributed by atoms with Crippen molar-refractivity contribution >= 4 is 22.7 Å². The molecule has 2 atom stereocenters. The van der Waals surface area contributed by atoms with Crippen LogP contribution in [0.2, 0.25) is 0 Å². The lowest BCUT2D eigenvalue weighted by atomic mass is 9.86. The number of ether oxygens (including phenoxy) is 2. The van der Waals surface area contributed by atoms with Gasteiger partial charge in [-0.15, -0.1) is 0 Å². The maximum absolute atomic E-state index is 13.0. The van der Waals surface area contributed by atoms with Gasteiger partial charge in [0, 0.05) is 49.4 Å². The lowest BCUT2D eigenvalue weighted by Crippen LogP contribution is -2.66. The Labute approximate surface area is 192 Å². The Hall–Kier alpha value is -3.58. The number of hydrogen-bond donors (Lipinski definition) is 1. The van der Waals surface area contributed by atoms with E-state index in [9.17, 15) is 9.59 Å². The number of β-lactam (4-membered cyclic amide) rings is 1. The van der Waals surface area contributed by atoms with E-state index >= 15 is 0 Å². The van der Waals surface area contributed by atoms with Crippen LogP contribution in [0.4, 0.5) is 0 Å². The quantitative estimate of drug-likeness (QED) is 0.466. The van der Waals surface area contributed by atoms with Crippen molar-refractivity contribution < 1.29 is 19.1 Å². The summed E-state index contributed by atoms with van der Waals surface area (Å²) in [6, 6.07) is 15.3. The summed E-state index contributed by atoms with van der Waals surface area (Å²) in [5.41, 5.74) is 3.90. The first-order valence-corrected chi connectivity index (χ1v) is 11.1. The molecule has 170 valence electrons. The normalized spacial score (nSPS) is 20.5. The lowest BCUT2D eigenvalue weighted by molar-refractivity contribution is -0.168. The molecule has 1 saturated heterocycles. The van der Waals surface area contributed by atoms with Crippen molar-refractivity contribution in [1.29, 1.82) is 0 Å². The first-order chi connectivity index (χ1) is 16.1. The number of methoxy groups -OCH3 is 2. The number of rotatable bonds is 6. The van der Waals surface area contributed by atoms with Gasteiger partial charge in [0.05, 0.1) is 13.2 Å². The van der Waals surface area contributed by atoms with Crippen LogP contribution in [0.25, 0.3) is 10.9 Å². The fourth-order valence-corrected chi connectivity index (χ4v) is 4.75. The summed E-state index contributed by atoms with van der Waals surface area (Å²) >= 11 is 0. The topological polar surface area (TPSA) is 74.9 Å². The molecular formula is C26H27N3O4. The summed E-state index contributed by atoms with van der Waals surface area (Å²) in [5.74, 6) is 0.810. The molecule has 1 aromatic heterocycles. The molecule has 2 aromatic carbocycles. The second-order valence-corrected chi connectivity index (χ2v) is 8.48. The number of carbonyl (C=O) groups is 2. The third kappa shape index (κ3) is 3.89. The number of aromatic amines is 1. The van der Waals surface area contributed by atoms with Gasteiger partial charge in [0.2, 0.25) is 0 Å². The van der Waals surface area contributed by atoms with Crippen LogP contribution in [0.3, 0.4) is 0 Å². The first kappa shape index (κ1) is 21.3. The number of likely N-dealkylation sites (tertiary alicyclic amines) is 1. The smallest absolute Gasteiger partial charge is 0.255 e. The van der Waals surface area contributed by atoms with Gasteiger partial charge in [-0.1, -0.05) is 18.2 Å². The number of fused-ring (bicyclic) bond motifs is 1. The molecule has 1 fully saturated rings. The molecule has 2 amide bonds. The maximum atomic E-state index is 13.0. The maximum Gasteiger partial charge on any atom is 0.255 e. The second-order valence-electron chi connectivity index (χ2n) is 8.48. The number of H-pyrrole nitrogens is 1. The van der Waals surface area contributed by atoms with E-state index in [1.54, 1.807) is 14.2 Å². The summed E-state index contributed by atoms with van der Waals surface area (Å²) in [5, 5.41) is 1.03. The Morgan fingerprint density at radius 2 is 1.94 bits per heavy atom. The minimum atomic E-state index is -0.465. The third-order valence-electron chi connectivity index (χ3n) is 6.63. The molecule has 1 N–H and O–H groups in total. The Kier molecular flexibility index (Phi) is 5.64. The van der Waals surface area contributed by atoms with Crippen molar-refractivity contribution in [3.8, 4) is 5.75 Å². The van der Waals surface area contributed by atoms with Gasteiger partial charge >= 0.3 is 0 Å². The molecule has 7 heteroatoms. The Balaban J connectivity index is 1.29. The van der Waals surface area contributed by atoms with Gasteiger partial charge in [-0.25, -0.2) is 0 Å². The Bertz CT molecular complexity index is 1210. The van der Waals surface area contributed by atoms with E-state index in [4.69, 9.17) is 9.47 Å². The van der Waals surface area contributed by atoms with E-state index in [0.29, 0.717) is 25.2 Å². The average Bonchev–Trinajstić information content (AvgIpc) is 3.33. The van der Waals surface area contributed by atoms with Crippen molar-refractivity contribution in [3.63, 3.8) is 0 Å². The van der Waals surface area contributed by atoms with Gasteiger partial charge in [0.1, 0.15) is 5.75 Å². The average molecular weight is 446 g/mol. The predicted octanol–water partition coefficient (Wildman–Crippen LogP) is 3.37. The summed E-state index contributed by atoms with van der Waals surface area (Å²) < 4.78 is 10.7. The van der Waals surface area contributed by atoms with Gasteiger partial charge in [-0.2, -0.15) is 0 Å². The SMILES string of the molecule is COc1ccc(CN2C(=O)[C@H](OC)[C@@H]2C2=CCN(C(=O)c3ccc4[nH]ccc4c3)CC2)cc1. The zero-order chi connectivity index (χ0) is 22.9. The van der Waals surface area contributed by atoms with Crippen molar-refractivity contribution in [2.24, 2.45) is 0 Å². The van der Waals surface area contributed by atoms with Crippen LogP contribution in [0.1, 0.15) is 22.3 Å². The Morgan fingerprint density at radius 1 is 1.12 bits per heavy atom. The van der Waals surface area contributed by atoms with Crippen molar-refractivity contribution in [2.45, 2.75) is 25.1 Å². The summed E-state index contributed by atoms with van der Waals surface area (Å²) in [6.07, 6.45) is 4.21. The molecule has 5 rings (SSSR count). The summed E-state index contributed by atoms with van der Waals surface area (Å²) in [4.78, 5) is 32.6. The number of carbonyl (C=O) groups excluding carboxylic acids is 2. The predicted molar refractivity (Wildman–Crippen MR) is 125 cm³/mol. The third-order valence-corrected chi connectivity index (χ3v) is 6.63. The van der Waals surface area contributed by atoms with E-state index in [2.05, 4.69) is 11.1 Å². The molecule has 0 saturated carbocycles. The minimum Gasteiger partial charge on any atom is -0.497 e. The molecule has 3 aromatic rings. The lowest BCUT2D eigenvalue weighted by Gasteiger charge is -2.48. The molecule has 3 heterocycles. The molecule has 7 nitrogen and oxygen atoms in total. The van der Waals surface area contributed by atoms with Crippen LogP contribution in [0.15, 0.2) is 66.4 Å². The van der Waals surface area contributed by atoms with Gasteiger partial charge in [0.25, 0.3) is 11.8 Å². The highest BCUT2D eigenvalue weighted by Gasteiger charge is 2.49. The fraction of sp³-hybridized carbons (Fsp3) is 0.308. The van der Waals surface area contributed by atoms with E-state index in [-0.39, 0.29) is 17.9 Å². The molecule has 2 aliphatic rings. The number of nitrogens with zero attached hydrogens (tertiary/aromatic N) is 2. The van der Waals surface area contributed by atoms with Crippen LogP contribution < -0.4 is 4.74 Å².